The minimum Gasteiger partial charge on any atom is -0.390 e. The lowest BCUT2D eigenvalue weighted by molar-refractivity contribution is -0.164. The molecular weight excluding hydrogens is 228 g/mol. The zero-order chi connectivity index (χ0) is 13.3. The molecule has 0 radical (unpaired) electrons. The number of hydrogen-bond acceptors (Lipinski definition) is 3. The molecule has 0 heterocycles. The first-order valence-electron chi connectivity index (χ1n) is 6.87. The summed E-state index contributed by atoms with van der Waals surface area (Å²) < 4.78 is 0. The summed E-state index contributed by atoms with van der Waals surface area (Å²) in [5.74, 6) is 0.831. The van der Waals surface area contributed by atoms with E-state index in [1.54, 1.807) is 0 Å². The smallest absolute Gasteiger partial charge is 0.129 e. The van der Waals surface area contributed by atoms with Gasteiger partial charge in [-0.05, 0) is 38.0 Å². The molecule has 6 unspecified atom stereocenters. The van der Waals surface area contributed by atoms with Gasteiger partial charge in [-0.15, -0.1) is 0 Å². The summed E-state index contributed by atoms with van der Waals surface area (Å²) in [6.07, 6.45) is 4.37. The highest BCUT2D eigenvalue weighted by molar-refractivity contribution is 5.68. The summed E-state index contributed by atoms with van der Waals surface area (Å²) in [7, 11) is 0. The van der Waals surface area contributed by atoms with Gasteiger partial charge in [0.1, 0.15) is 11.9 Å². The molecule has 3 aliphatic rings. The number of aliphatic hydroxyl groups excluding tert-OH is 1. The van der Waals surface area contributed by atoms with Crippen LogP contribution in [0.15, 0.2) is 11.6 Å². The maximum atomic E-state index is 11.7. The van der Waals surface area contributed by atoms with Crippen molar-refractivity contribution in [3.8, 4) is 0 Å². The number of aldehydes is 1. The number of hydrogen-bond donors (Lipinski definition) is 2. The topological polar surface area (TPSA) is 57.5 Å². The summed E-state index contributed by atoms with van der Waals surface area (Å²) in [6, 6.07) is 0. The second-order valence-corrected chi connectivity index (χ2v) is 6.98. The van der Waals surface area contributed by atoms with Crippen molar-refractivity contribution in [2.75, 3.05) is 0 Å². The Morgan fingerprint density at radius 1 is 1.39 bits per heavy atom. The quantitative estimate of drug-likeness (QED) is 0.550. The van der Waals surface area contributed by atoms with E-state index in [0.717, 1.165) is 12.7 Å². The Morgan fingerprint density at radius 3 is 2.67 bits per heavy atom. The number of carbonyl (C=O) groups is 1. The fourth-order valence-corrected chi connectivity index (χ4v) is 4.81. The van der Waals surface area contributed by atoms with Crippen LogP contribution >= 0.6 is 0 Å². The highest BCUT2D eigenvalue weighted by atomic mass is 16.3. The Balaban J connectivity index is 2.20. The van der Waals surface area contributed by atoms with Gasteiger partial charge in [-0.2, -0.15) is 0 Å². The van der Waals surface area contributed by atoms with E-state index >= 15 is 0 Å². The largest absolute Gasteiger partial charge is 0.390 e. The molecule has 100 valence electrons. The highest BCUT2D eigenvalue weighted by Gasteiger charge is 2.73. The van der Waals surface area contributed by atoms with Crippen LogP contribution in [0.4, 0.5) is 0 Å². The molecule has 3 nitrogen and oxygen atoms in total. The predicted octanol–water partition coefficient (Wildman–Crippen LogP) is 1.68. The Kier molecular flexibility index (Phi) is 2.24. The van der Waals surface area contributed by atoms with E-state index in [4.69, 9.17) is 0 Å². The first-order valence-corrected chi connectivity index (χ1v) is 6.87. The van der Waals surface area contributed by atoms with Gasteiger partial charge in [0.25, 0.3) is 0 Å². The zero-order valence-corrected chi connectivity index (χ0v) is 11.3. The van der Waals surface area contributed by atoms with Crippen LogP contribution in [0.2, 0.25) is 0 Å². The van der Waals surface area contributed by atoms with Crippen LogP contribution in [-0.4, -0.2) is 28.2 Å². The fourth-order valence-electron chi connectivity index (χ4n) is 4.81. The lowest BCUT2D eigenvalue weighted by Crippen LogP contribution is -2.59. The van der Waals surface area contributed by atoms with E-state index in [0.29, 0.717) is 24.7 Å². The number of allylic oxidation sites excluding steroid dienone is 2. The average molecular weight is 250 g/mol. The predicted molar refractivity (Wildman–Crippen MR) is 67.8 cm³/mol. The first kappa shape index (κ1) is 12.4. The number of carbonyl (C=O) groups excluding carboxylic acids is 1. The average Bonchev–Trinajstić information content (AvgIpc) is 2.71. The molecule has 2 saturated carbocycles. The molecule has 6 atom stereocenters. The van der Waals surface area contributed by atoms with Crippen molar-refractivity contribution in [1.82, 2.24) is 0 Å². The second kappa shape index (κ2) is 3.26. The van der Waals surface area contributed by atoms with E-state index in [9.17, 15) is 15.0 Å². The second-order valence-electron chi connectivity index (χ2n) is 6.98. The van der Waals surface area contributed by atoms with Crippen molar-refractivity contribution in [2.45, 2.75) is 51.7 Å². The molecule has 0 amide bonds. The van der Waals surface area contributed by atoms with Gasteiger partial charge in [-0.25, -0.2) is 0 Å². The molecular formula is C15H22O3. The van der Waals surface area contributed by atoms with Gasteiger partial charge in [0.15, 0.2) is 0 Å². The van der Waals surface area contributed by atoms with E-state index < -0.39 is 22.5 Å². The Morgan fingerprint density at radius 2 is 2.06 bits per heavy atom. The summed E-state index contributed by atoms with van der Waals surface area (Å²) in [4.78, 5) is 11.7. The third-order valence-electron chi connectivity index (χ3n) is 6.40. The van der Waals surface area contributed by atoms with Crippen LogP contribution in [0.3, 0.4) is 0 Å². The third-order valence-corrected chi connectivity index (χ3v) is 6.40. The van der Waals surface area contributed by atoms with Gasteiger partial charge in [0.2, 0.25) is 0 Å². The lowest BCUT2D eigenvalue weighted by Gasteiger charge is -2.53. The van der Waals surface area contributed by atoms with Gasteiger partial charge >= 0.3 is 0 Å². The van der Waals surface area contributed by atoms with Gasteiger partial charge in [0, 0.05) is 5.41 Å². The van der Waals surface area contributed by atoms with Gasteiger partial charge in [-0.3, -0.25) is 0 Å². The Bertz CT molecular complexity index is 443. The van der Waals surface area contributed by atoms with Crippen LogP contribution in [0.25, 0.3) is 0 Å². The van der Waals surface area contributed by atoms with Gasteiger partial charge in [-0.1, -0.05) is 25.5 Å². The van der Waals surface area contributed by atoms with Gasteiger partial charge in [0.05, 0.1) is 11.5 Å². The van der Waals surface area contributed by atoms with Crippen molar-refractivity contribution in [3.05, 3.63) is 11.6 Å². The Hall–Kier alpha value is -0.670. The number of rotatable bonds is 1. The fraction of sp³-hybridized carbons (Fsp3) is 0.800. The summed E-state index contributed by atoms with van der Waals surface area (Å²) >= 11 is 0. The molecule has 0 aliphatic heterocycles. The van der Waals surface area contributed by atoms with E-state index in [2.05, 4.69) is 13.0 Å². The molecule has 0 spiro atoms. The molecule has 3 rings (SSSR count). The van der Waals surface area contributed by atoms with Crippen LogP contribution in [0.5, 0.6) is 0 Å². The Labute approximate surface area is 108 Å². The molecule has 2 bridgehead atoms. The molecule has 0 aromatic rings. The number of aliphatic hydroxyl groups is 2. The van der Waals surface area contributed by atoms with Crippen molar-refractivity contribution >= 4 is 6.29 Å². The minimum absolute atomic E-state index is 0.324. The van der Waals surface area contributed by atoms with Crippen molar-refractivity contribution < 1.29 is 15.0 Å². The molecule has 3 aliphatic carbocycles. The SMILES string of the molecule is CC1CC=C2C1CC1(O)C(O)CC2(C)C1(C)C=O. The van der Waals surface area contributed by atoms with Crippen molar-refractivity contribution in [2.24, 2.45) is 22.7 Å². The van der Waals surface area contributed by atoms with Crippen LogP contribution in [0.1, 0.15) is 40.0 Å². The molecule has 2 fully saturated rings. The monoisotopic (exact) mass is 250 g/mol. The summed E-state index contributed by atoms with van der Waals surface area (Å²) in [5, 5.41) is 21.2. The standard InChI is InChI=1S/C15H22O3/c1-9-4-5-11-10(9)6-15(18)12(17)7-13(11,2)14(15,3)8-16/h5,8-10,12,17-18H,4,6-7H2,1-3H3. The maximum Gasteiger partial charge on any atom is 0.129 e. The van der Waals surface area contributed by atoms with E-state index in [1.807, 2.05) is 13.8 Å². The van der Waals surface area contributed by atoms with Gasteiger partial charge < -0.3 is 15.0 Å². The van der Waals surface area contributed by atoms with Crippen LogP contribution < -0.4 is 0 Å². The zero-order valence-electron chi connectivity index (χ0n) is 11.3. The third kappa shape index (κ3) is 1.03. The molecule has 0 aromatic carbocycles. The summed E-state index contributed by atoms with van der Waals surface area (Å²) in [6.45, 7) is 6.05. The van der Waals surface area contributed by atoms with E-state index in [1.165, 1.54) is 5.57 Å². The first-order chi connectivity index (χ1) is 8.30. The van der Waals surface area contributed by atoms with Crippen molar-refractivity contribution in [3.63, 3.8) is 0 Å². The molecule has 2 N–H and O–H groups in total. The molecule has 0 saturated heterocycles. The van der Waals surface area contributed by atoms with E-state index in [-0.39, 0.29) is 0 Å². The van der Waals surface area contributed by atoms with Crippen molar-refractivity contribution in [1.29, 1.82) is 0 Å². The maximum absolute atomic E-state index is 11.7. The van der Waals surface area contributed by atoms with Crippen LogP contribution in [-0.2, 0) is 4.79 Å². The molecule has 0 aromatic heterocycles. The highest BCUT2D eigenvalue weighted by Crippen LogP contribution is 2.69. The minimum atomic E-state index is -1.26. The number of fused-ring (bicyclic) bond motifs is 4. The normalized spacial score (nSPS) is 58.3. The molecule has 18 heavy (non-hydrogen) atoms. The summed E-state index contributed by atoms with van der Waals surface area (Å²) in [5.41, 5.74) is -1.22. The molecule has 3 heteroatoms. The lowest BCUT2D eigenvalue weighted by atomic mass is 9.52. The van der Waals surface area contributed by atoms with Crippen LogP contribution in [0, 0.1) is 22.7 Å².